The predicted molar refractivity (Wildman–Crippen MR) is 122 cm³/mol. The van der Waals surface area contributed by atoms with Gasteiger partial charge in [0.15, 0.2) is 0 Å². The Morgan fingerprint density at radius 1 is 1.10 bits per heavy atom. The van der Waals surface area contributed by atoms with E-state index in [0.717, 1.165) is 44.8 Å². The normalized spacial score (nSPS) is 19.0. The summed E-state index contributed by atoms with van der Waals surface area (Å²) in [7, 11) is 0. The molecule has 2 aliphatic rings. The van der Waals surface area contributed by atoms with Crippen LogP contribution in [0, 0.1) is 5.92 Å². The number of piperidine rings is 2. The molecule has 2 saturated heterocycles. The smallest absolute Gasteiger partial charge is 0.322 e. The molecule has 0 atom stereocenters. The molecule has 0 bridgehead atoms. The van der Waals surface area contributed by atoms with E-state index in [4.69, 9.17) is 11.6 Å². The lowest BCUT2D eigenvalue weighted by Crippen LogP contribution is -2.50. The van der Waals surface area contributed by atoms with Crippen LogP contribution in [0.1, 0.15) is 46.0 Å². The van der Waals surface area contributed by atoms with E-state index in [-0.39, 0.29) is 18.0 Å². The SMILES string of the molecule is CC(=O)N1CCC(N(CCCN2CCC(C)CC2)C(=O)Nc2ccccc2Cl)CC1. The van der Waals surface area contributed by atoms with Gasteiger partial charge in [-0.1, -0.05) is 30.7 Å². The minimum absolute atomic E-state index is 0.100. The third kappa shape index (κ3) is 6.35. The highest BCUT2D eigenvalue weighted by Crippen LogP contribution is 2.23. The van der Waals surface area contributed by atoms with Gasteiger partial charge in [-0.05, 0) is 69.8 Å². The van der Waals surface area contributed by atoms with Crippen LogP contribution in [0.5, 0.6) is 0 Å². The Morgan fingerprint density at radius 3 is 2.40 bits per heavy atom. The fourth-order valence-corrected chi connectivity index (χ4v) is 4.63. The maximum absolute atomic E-state index is 13.2. The molecule has 3 amide bonds. The van der Waals surface area contributed by atoms with Crippen molar-refractivity contribution in [1.29, 1.82) is 0 Å². The Hall–Kier alpha value is -1.79. The largest absolute Gasteiger partial charge is 0.343 e. The van der Waals surface area contributed by atoms with Gasteiger partial charge in [0.1, 0.15) is 0 Å². The van der Waals surface area contributed by atoms with Crippen molar-refractivity contribution in [1.82, 2.24) is 14.7 Å². The number of nitrogens with zero attached hydrogens (tertiary/aromatic N) is 3. The van der Waals surface area contributed by atoms with Crippen LogP contribution in [-0.2, 0) is 4.79 Å². The van der Waals surface area contributed by atoms with Crippen LogP contribution in [0.2, 0.25) is 5.02 Å². The molecule has 1 aromatic carbocycles. The second-order valence-electron chi connectivity index (χ2n) is 8.72. The molecular weight excluding hydrogens is 400 g/mol. The molecule has 1 aromatic rings. The molecule has 2 fully saturated rings. The summed E-state index contributed by atoms with van der Waals surface area (Å²) in [6.07, 6.45) is 5.12. The average molecular weight is 435 g/mol. The number of anilines is 1. The van der Waals surface area contributed by atoms with Crippen molar-refractivity contribution in [3.05, 3.63) is 29.3 Å². The molecule has 0 unspecified atom stereocenters. The number of carbonyl (C=O) groups excluding carboxylic acids is 2. The topological polar surface area (TPSA) is 55.9 Å². The molecule has 2 heterocycles. The van der Waals surface area contributed by atoms with E-state index in [1.807, 2.05) is 28.0 Å². The van der Waals surface area contributed by atoms with Crippen molar-refractivity contribution in [3.63, 3.8) is 0 Å². The molecule has 0 spiro atoms. The van der Waals surface area contributed by atoms with Crippen molar-refractivity contribution in [2.24, 2.45) is 5.92 Å². The first kappa shape index (κ1) is 22.9. The third-order valence-corrected chi connectivity index (χ3v) is 6.81. The quantitative estimate of drug-likeness (QED) is 0.725. The summed E-state index contributed by atoms with van der Waals surface area (Å²) in [5, 5.41) is 3.54. The highest BCUT2D eigenvalue weighted by molar-refractivity contribution is 6.33. The lowest BCUT2D eigenvalue weighted by atomic mass is 9.99. The summed E-state index contributed by atoms with van der Waals surface area (Å²) >= 11 is 6.25. The molecule has 0 saturated carbocycles. The van der Waals surface area contributed by atoms with Gasteiger partial charge in [0.25, 0.3) is 0 Å². The monoisotopic (exact) mass is 434 g/mol. The minimum Gasteiger partial charge on any atom is -0.343 e. The van der Waals surface area contributed by atoms with Gasteiger partial charge in [-0.15, -0.1) is 0 Å². The zero-order valence-corrected chi connectivity index (χ0v) is 19.0. The maximum Gasteiger partial charge on any atom is 0.322 e. The van der Waals surface area contributed by atoms with E-state index in [1.165, 1.54) is 12.8 Å². The van der Waals surface area contributed by atoms with Gasteiger partial charge >= 0.3 is 6.03 Å². The number of benzene rings is 1. The predicted octanol–water partition coefficient (Wildman–Crippen LogP) is 4.31. The van der Waals surface area contributed by atoms with E-state index in [2.05, 4.69) is 17.1 Å². The van der Waals surface area contributed by atoms with Crippen LogP contribution in [0.25, 0.3) is 0 Å². The number of hydrogen-bond donors (Lipinski definition) is 1. The average Bonchev–Trinajstić information content (AvgIpc) is 2.74. The van der Waals surface area contributed by atoms with Gasteiger partial charge in [-0.2, -0.15) is 0 Å². The lowest BCUT2D eigenvalue weighted by molar-refractivity contribution is -0.130. The van der Waals surface area contributed by atoms with Gasteiger partial charge in [0.05, 0.1) is 10.7 Å². The number of halogens is 1. The highest BCUT2D eigenvalue weighted by atomic mass is 35.5. The highest BCUT2D eigenvalue weighted by Gasteiger charge is 2.29. The summed E-state index contributed by atoms with van der Waals surface area (Å²) < 4.78 is 0. The Morgan fingerprint density at radius 2 is 1.77 bits per heavy atom. The summed E-state index contributed by atoms with van der Waals surface area (Å²) in [5.41, 5.74) is 0.639. The molecule has 0 aromatic heterocycles. The number of nitrogens with one attached hydrogen (secondary N) is 1. The molecule has 0 aliphatic carbocycles. The minimum atomic E-state index is -0.100. The van der Waals surface area contributed by atoms with Crippen molar-refractivity contribution in [2.75, 3.05) is 44.6 Å². The van der Waals surface area contributed by atoms with E-state index < -0.39 is 0 Å². The fraction of sp³-hybridized carbons (Fsp3) is 0.652. The number of carbonyl (C=O) groups is 2. The van der Waals surface area contributed by atoms with Gasteiger partial charge in [0, 0.05) is 32.6 Å². The van der Waals surface area contributed by atoms with Crippen molar-refractivity contribution in [2.45, 2.75) is 52.0 Å². The van der Waals surface area contributed by atoms with Crippen LogP contribution in [0.4, 0.5) is 10.5 Å². The van der Waals surface area contributed by atoms with Crippen LogP contribution >= 0.6 is 11.6 Å². The Balaban J connectivity index is 1.60. The third-order valence-electron chi connectivity index (χ3n) is 6.48. The molecule has 7 heteroatoms. The number of amides is 3. The van der Waals surface area contributed by atoms with Gasteiger partial charge in [-0.25, -0.2) is 4.79 Å². The van der Waals surface area contributed by atoms with E-state index in [1.54, 1.807) is 13.0 Å². The summed E-state index contributed by atoms with van der Waals surface area (Å²) in [6.45, 7) is 9.41. The second kappa shape index (κ2) is 11.0. The standard InChI is InChI=1S/C23H35ClN4O2/c1-18-8-14-26(15-9-18)12-5-13-28(20-10-16-27(17-11-20)19(2)29)23(30)25-22-7-4-3-6-21(22)24/h3-4,6-7,18,20H,5,8-17H2,1-2H3,(H,25,30). The van der Waals surface area contributed by atoms with Crippen LogP contribution in [-0.4, -0.2) is 71.9 Å². The lowest BCUT2D eigenvalue weighted by Gasteiger charge is -2.39. The van der Waals surface area contributed by atoms with E-state index >= 15 is 0 Å². The number of urea groups is 1. The first-order valence-corrected chi connectivity index (χ1v) is 11.6. The molecule has 3 rings (SSSR count). The summed E-state index contributed by atoms with van der Waals surface area (Å²) in [4.78, 5) is 31.2. The fourth-order valence-electron chi connectivity index (χ4n) is 4.44. The van der Waals surface area contributed by atoms with Crippen LogP contribution in [0.3, 0.4) is 0 Å². The van der Waals surface area contributed by atoms with Gasteiger partial charge < -0.3 is 20.0 Å². The zero-order valence-electron chi connectivity index (χ0n) is 18.3. The maximum atomic E-state index is 13.2. The molecule has 1 N–H and O–H groups in total. The molecule has 30 heavy (non-hydrogen) atoms. The Labute approximate surface area is 185 Å². The number of para-hydroxylation sites is 1. The summed E-state index contributed by atoms with van der Waals surface area (Å²) in [5.74, 6) is 0.936. The first-order chi connectivity index (χ1) is 14.4. The van der Waals surface area contributed by atoms with Gasteiger partial charge in [-0.3, -0.25) is 4.79 Å². The number of hydrogen-bond acceptors (Lipinski definition) is 3. The Bertz CT molecular complexity index is 713. The van der Waals surface area contributed by atoms with Crippen molar-refractivity contribution < 1.29 is 9.59 Å². The van der Waals surface area contributed by atoms with Crippen LogP contribution < -0.4 is 5.32 Å². The number of likely N-dealkylation sites (tertiary alicyclic amines) is 2. The van der Waals surface area contributed by atoms with Crippen molar-refractivity contribution in [3.8, 4) is 0 Å². The molecule has 2 aliphatic heterocycles. The first-order valence-electron chi connectivity index (χ1n) is 11.2. The molecule has 166 valence electrons. The summed E-state index contributed by atoms with van der Waals surface area (Å²) in [6, 6.07) is 7.37. The second-order valence-corrected chi connectivity index (χ2v) is 9.13. The van der Waals surface area contributed by atoms with E-state index in [0.29, 0.717) is 30.3 Å². The molecule has 0 radical (unpaired) electrons. The number of rotatable bonds is 6. The van der Waals surface area contributed by atoms with Gasteiger partial charge in [0.2, 0.25) is 5.91 Å². The van der Waals surface area contributed by atoms with Crippen LogP contribution in [0.15, 0.2) is 24.3 Å². The molecular formula is C23H35ClN4O2. The van der Waals surface area contributed by atoms with E-state index in [9.17, 15) is 9.59 Å². The van der Waals surface area contributed by atoms with Crippen molar-refractivity contribution >= 4 is 29.2 Å². The zero-order chi connectivity index (χ0) is 21.5. The molecule has 6 nitrogen and oxygen atoms in total. The Kier molecular flexibility index (Phi) is 8.40.